The highest BCUT2D eigenvalue weighted by atomic mass is 15.1. The summed E-state index contributed by atoms with van der Waals surface area (Å²) in [4.78, 5) is 8.45. The fourth-order valence-corrected chi connectivity index (χ4v) is 2.09. The first-order valence-corrected chi connectivity index (χ1v) is 6.34. The fourth-order valence-electron chi connectivity index (χ4n) is 2.09. The Kier molecular flexibility index (Phi) is 4.10. The Bertz CT molecular complexity index is 504. The summed E-state index contributed by atoms with van der Waals surface area (Å²) in [5, 5.41) is 3.57. The van der Waals surface area contributed by atoms with Crippen LogP contribution in [0, 0.1) is 6.92 Å². The van der Waals surface area contributed by atoms with E-state index in [1.54, 1.807) is 0 Å². The standard InChI is InChI=1S/C14H20N4/c1-4-6-17-14(13-9-16-10-18(13)3)12-8-15-7-5-11(12)2/h5,7-10,14,17H,4,6H2,1-3H3. The summed E-state index contributed by atoms with van der Waals surface area (Å²) in [5.74, 6) is 0. The van der Waals surface area contributed by atoms with Crippen molar-refractivity contribution in [2.24, 2.45) is 7.05 Å². The van der Waals surface area contributed by atoms with E-state index < -0.39 is 0 Å². The Morgan fingerprint density at radius 3 is 2.78 bits per heavy atom. The molecular formula is C14H20N4. The van der Waals surface area contributed by atoms with Crippen LogP contribution in [0.3, 0.4) is 0 Å². The third kappa shape index (κ3) is 2.59. The predicted octanol–water partition coefficient (Wildman–Crippen LogP) is 2.21. The van der Waals surface area contributed by atoms with Crippen molar-refractivity contribution >= 4 is 0 Å². The number of aryl methyl sites for hydroxylation is 2. The van der Waals surface area contributed by atoms with E-state index in [1.807, 2.05) is 38.0 Å². The smallest absolute Gasteiger partial charge is 0.0946 e. The molecule has 0 aliphatic carbocycles. The Morgan fingerprint density at radius 1 is 1.33 bits per heavy atom. The van der Waals surface area contributed by atoms with Gasteiger partial charge in [0.25, 0.3) is 0 Å². The van der Waals surface area contributed by atoms with Crippen LogP contribution in [0.25, 0.3) is 0 Å². The van der Waals surface area contributed by atoms with E-state index >= 15 is 0 Å². The molecule has 2 heterocycles. The van der Waals surface area contributed by atoms with Crippen LogP contribution in [0.5, 0.6) is 0 Å². The summed E-state index contributed by atoms with van der Waals surface area (Å²) in [7, 11) is 2.02. The van der Waals surface area contributed by atoms with Crippen LogP contribution >= 0.6 is 0 Å². The van der Waals surface area contributed by atoms with Crippen molar-refractivity contribution in [2.45, 2.75) is 26.3 Å². The molecule has 0 amide bonds. The molecule has 2 aromatic rings. The number of nitrogens with one attached hydrogen (secondary N) is 1. The molecule has 0 aromatic carbocycles. The van der Waals surface area contributed by atoms with E-state index in [0.717, 1.165) is 13.0 Å². The molecule has 0 aliphatic rings. The van der Waals surface area contributed by atoms with Gasteiger partial charge in [-0.25, -0.2) is 4.98 Å². The minimum atomic E-state index is 0.158. The molecule has 0 radical (unpaired) electrons. The van der Waals surface area contributed by atoms with Crippen molar-refractivity contribution < 1.29 is 0 Å². The second kappa shape index (κ2) is 5.78. The molecule has 0 fully saturated rings. The molecule has 1 atom stereocenters. The molecule has 0 spiro atoms. The third-order valence-corrected chi connectivity index (χ3v) is 3.14. The number of imidazole rings is 1. The lowest BCUT2D eigenvalue weighted by molar-refractivity contribution is 0.566. The average molecular weight is 244 g/mol. The van der Waals surface area contributed by atoms with Gasteiger partial charge in [0.15, 0.2) is 0 Å². The molecule has 2 rings (SSSR count). The van der Waals surface area contributed by atoms with E-state index in [-0.39, 0.29) is 6.04 Å². The van der Waals surface area contributed by atoms with Crippen molar-refractivity contribution in [1.82, 2.24) is 19.9 Å². The molecule has 96 valence electrons. The minimum Gasteiger partial charge on any atom is -0.336 e. The minimum absolute atomic E-state index is 0.158. The van der Waals surface area contributed by atoms with Gasteiger partial charge in [-0.05, 0) is 37.1 Å². The average Bonchev–Trinajstić information content (AvgIpc) is 2.78. The van der Waals surface area contributed by atoms with Gasteiger partial charge in [-0.15, -0.1) is 0 Å². The Labute approximate surface area is 108 Å². The van der Waals surface area contributed by atoms with E-state index in [1.165, 1.54) is 16.8 Å². The van der Waals surface area contributed by atoms with Crippen molar-refractivity contribution in [3.63, 3.8) is 0 Å². The zero-order valence-corrected chi connectivity index (χ0v) is 11.2. The van der Waals surface area contributed by atoms with Crippen LogP contribution in [0.2, 0.25) is 0 Å². The number of rotatable bonds is 5. The van der Waals surface area contributed by atoms with Gasteiger partial charge in [0.05, 0.1) is 24.3 Å². The Balaban J connectivity index is 2.37. The van der Waals surface area contributed by atoms with E-state index in [2.05, 4.69) is 33.7 Å². The largest absolute Gasteiger partial charge is 0.336 e. The maximum atomic E-state index is 4.24. The SMILES string of the molecule is CCCNC(c1cnccc1C)c1cncn1C. The topological polar surface area (TPSA) is 42.7 Å². The van der Waals surface area contributed by atoms with E-state index in [9.17, 15) is 0 Å². The highest BCUT2D eigenvalue weighted by Crippen LogP contribution is 2.23. The molecule has 2 aromatic heterocycles. The maximum Gasteiger partial charge on any atom is 0.0946 e. The zero-order valence-electron chi connectivity index (χ0n) is 11.2. The summed E-state index contributed by atoms with van der Waals surface area (Å²) in [5.41, 5.74) is 3.63. The maximum absolute atomic E-state index is 4.24. The van der Waals surface area contributed by atoms with Crippen LogP contribution in [0.4, 0.5) is 0 Å². The van der Waals surface area contributed by atoms with Crippen LogP contribution in [0.15, 0.2) is 31.0 Å². The Hall–Kier alpha value is -1.68. The molecule has 0 saturated heterocycles. The van der Waals surface area contributed by atoms with Gasteiger partial charge >= 0.3 is 0 Å². The van der Waals surface area contributed by atoms with Gasteiger partial charge in [0.1, 0.15) is 0 Å². The van der Waals surface area contributed by atoms with Gasteiger partial charge in [-0.1, -0.05) is 6.92 Å². The summed E-state index contributed by atoms with van der Waals surface area (Å²) >= 11 is 0. The number of hydrogen-bond acceptors (Lipinski definition) is 3. The molecule has 18 heavy (non-hydrogen) atoms. The predicted molar refractivity (Wildman–Crippen MR) is 72.3 cm³/mol. The molecular weight excluding hydrogens is 224 g/mol. The van der Waals surface area contributed by atoms with Crippen molar-refractivity contribution in [3.05, 3.63) is 47.8 Å². The lowest BCUT2D eigenvalue weighted by Crippen LogP contribution is -2.25. The van der Waals surface area contributed by atoms with Crippen molar-refractivity contribution in [1.29, 1.82) is 0 Å². The fraction of sp³-hybridized carbons (Fsp3) is 0.429. The van der Waals surface area contributed by atoms with Gasteiger partial charge in [0.2, 0.25) is 0 Å². The number of nitrogens with zero attached hydrogens (tertiary/aromatic N) is 3. The summed E-state index contributed by atoms with van der Waals surface area (Å²) < 4.78 is 2.06. The number of pyridine rings is 1. The number of aromatic nitrogens is 3. The molecule has 4 heteroatoms. The molecule has 0 saturated carbocycles. The van der Waals surface area contributed by atoms with Crippen LogP contribution in [-0.2, 0) is 7.05 Å². The molecule has 0 bridgehead atoms. The summed E-state index contributed by atoms with van der Waals surface area (Å²) in [6.45, 7) is 5.27. The van der Waals surface area contributed by atoms with Crippen LogP contribution in [0.1, 0.15) is 36.2 Å². The monoisotopic (exact) mass is 244 g/mol. The van der Waals surface area contributed by atoms with Gasteiger partial charge in [-0.3, -0.25) is 4.98 Å². The van der Waals surface area contributed by atoms with Gasteiger partial charge in [0, 0.05) is 19.4 Å². The normalized spacial score (nSPS) is 12.6. The zero-order chi connectivity index (χ0) is 13.0. The van der Waals surface area contributed by atoms with E-state index in [0.29, 0.717) is 0 Å². The molecule has 4 nitrogen and oxygen atoms in total. The molecule has 1 unspecified atom stereocenters. The number of hydrogen-bond donors (Lipinski definition) is 1. The summed E-state index contributed by atoms with van der Waals surface area (Å²) in [6, 6.07) is 2.21. The van der Waals surface area contributed by atoms with Gasteiger partial charge in [-0.2, -0.15) is 0 Å². The first-order chi connectivity index (χ1) is 8.74. The lowest BCUT2D eigenvalue weighted by Gasteiger charge is -2.20. The first kappa shape index (κ1) is 12.8. The van der Waals surface area contributed by atoms with Crippen LogP contribution in [-0.4, -0.2) is 21.1 Å². The van der Waals surface area contributed by atoms with Crippen molar-refractivity contribution in [2.75, 3.05) is 6.54 Å². The second-order valence-electron chi connectivity index (χ2n) is 4.55. The first-order valence-electron chi connectivity index (χ1n) is 6.34. The molecule has 1 N–H and O–H groups in total. The highest BCUT2D eigenvalue weighted by molar-refractivity contribution is 5.31. The molecule has 0 aliphatic heterocycles. The third-order valence-electron chi connectivity index (χ3n) is 3.14. The van der Waals surface area contributed by atoms with Crippen molar-refractivity contribution in [3.8, 4) is 0 Å². The highest BCUT2D eigenvalue weighted by Gasteiger charge is 2.18. The lowest BCUT2D eigenvalue weighted by atomic mass is 10.0. The quantitative estimate of drug-likeness (QED) is 0.877. The van der Waals surface area contributed by atoms with Gasteiger partial charge < -0.3 is 9.88 Å². The summed E-state index contributed by atoms with van der Waals surface area (Å²) in [6.07, 6.45) is 8.63. The van der Waals surface area contributed by atoms with E-state index in [4.69, 9.17) is 0 Å². The van der Waals surface area contributed by atoms with Crippen LogP contribution < -0.4 is 5.32 Å². The Morgan fingerprint density at radius 2 is 2.17 bits per heavy atom. The second-order valence-corrected chi connectivity index (χ2v) is 4.55.